The Morgan fingerprint density at radius 2 is 1.44 bits per heavy atom. The largest absolute Gasteiger partial charge is 1.00 e. The molecule has 0 N–H and O–H groups in total. The molecule has 0 fully saturated rings. The van der Waals surface area contributed by atoms with E-state index in [2.05, 4.69) is 9.47 Å². The molecule has 0 aromatic carbocycles. The molecule has 0 bridgehead atoms. The Balaban J connectivity index is -0.000000109. The van der Waals surface area contributed by atoms with Crippen molar-refractivity contribution < 1.29 is 48.9 Å². The van der Waals surface area contributed by atoms with Crippen LogP contribution in [0.2, 0.25) is 0 Å². The number of carbonyl (C=O) groups excluding carboxylic acids is 1. The minimum Gasteiger partial charge on any atom is -0.857 e. The Kier molecular flexibility index (Phi) is 28.1. The van der Waals surface area contributed by atoms with Crippen LogP contribution in [0, 0.1) is 0 Å². The maximum atomic E-state index is 9.74. The van der Waals surface area contributed by atoms with Gasteiger partial charge in [0.1, 0.15) is 0 Å². The van der Waals surface area contributed by atoms with Gasteiger partial charge in [-0.2, -0.15) is 7.11 Å². The predicted molar refractivity (Wildman–Crippen MR) is 25.3 cm³/mol. The van der Waals surface area contributed by atoms with Crippen LogP contribution in [0.1, 0.15) is 0 Å². The van der Waals surface area contributed by atoms with E-state index in [0.717, 1.165) is 7.11 Å². The van der Waals surface area contributed by atoms with Gasteiger partial charge >= 0.3 is 35.7 Å². The van der Waals surface area contributed by atoms with Crippen LogP contribution in [0.15, 0.2) is 0 Å². The van der Waals surface area contributed by atoms with Crippen molar-refractivity contribution in [3.63, 3.8) is 0 Å². The molecule has 0 saturated carbocycles. The van der Waals surface area contributed by atoms with Crippen LogP contribution in [-0.2, 0) is 9.47 Å². The molecule has 0 atom stereocenters. The van der Waals surface area contributed by atoms with E-state index >= 15 is 0 Å². The van der Waals surface area contributed by atoms with E-state index in [4.69, 9.17) is 5.11 Å². The summed E-state index contributed by atoms with van der Waals surface area (Å²) in [5.74, 6) is 0. The molecule has 4 nitrogen and oxygen atoms in total. The molecule has 0 heterocycles. The Morgan fingerprint density at radius 3 is 1.44 bits per heavy atom. The summed E-state index contributed by atoms with van der Waals surface area (Å²) in [6.45, 7) is 0. The van der Waals surface area contributed by atoms with Crippen molar-refractivity contribution in [3.8, 4) is 0 Å². The molecule has 0 aliphatic carbocycles. The fraction of sp³-hybridized carbons (Fsp3) is 0.750. The van der Waals surface area contributed by atoms with Crippen LogP contribution < -0.4 is 34.7 Å². The molecule has 0 aromatic heterocycles. The van der Waals surface area contributed by atoms with E-state index in [0.29, 0.717) is 0 Å². The maximum absolute atomic E-state index is 9.74. The first-order valence-corrected chi connectivity index (χ1v) is 1.84. The molecule has 0 aromatic rings. The minimum absolute atomic E-state index is 0. The van der Waals surface area contributed by atoms with Crippen LogP contribution in [0.25, 0.3) is 0 Å². The zero-order valence-electron chi connectivity index (χ0n) is 6.13. The Morgan fingerprint density at radius 1 is 1.22 bits per heavy atom. The molecule has 0 saturated heterocycles. The first kappa shape index (κ1) is 16.1. The van der Waals surface area contributed by atoms with Crippen molar-refractivity contribution in [2.24, 2.45) is 0 Å². The third kappa shape index (κ3) is 17.9. The molecule has 0 spiro atoms. The number of methoxy groups -OCH3 is 2. The van der Waals surface area contributed by atoms with Crippen molar-refractivity contribution in [3.05, 3.63) is 0 Å². The number of rotatable bonds is 0. The summed E-state index contributed by atoms with van der Waals surface area (Å²) in [6.07, 6.45) is -0.657. The smallest absolute Gasteiger partial charge is 0.857 e. The number of ether oxygens (including phenoxy) is 2. The number of hydrogen-bond donors (Lipinski definition) is 0. The van der Waals surface area contributed by atoms with Gasteiger partial charge in [0.25, 0.3) is 0 Å². The fourth-order valence-electron chi connectivity index (χ4n) is 0.0833. The fourth-order valence-corrected chi connectivity index (χ4v) is 0.0833. The quantitative estimate of drug-likeness (QED) is 0.260. The molecule has 0 aliphatic rings. The van der Waals surface area contributed by atoms with Gasteiger partial charge < -0.3 is 14.6 Å². The topological polar surface area (TPSA) is 58.6 Å². The van der Waals surface area contributed by atoms with Gasteiger partial charge in [-0.15, -0.1) is 0 Å². The summed E-state index contributed by atoms with van der Waals surface area (Å²) in [4.78, 5) is 9.74. The first-order chi connectivity index (χ1) is 3.81. The summed E-state index contributed by atoms with van der Waals surface area (Å²) in [5, 5.41) is 8.25. The summed E-state index contributed by atoms with van der Waals surface area (Å²) < 4.78 is 8.08. The molecule has 50 valence electrons. The van der Waals surface area contributed by atoms with E-state index in [-0.39, 0.29) is 29.6 Å². The molecular weight excluding hydrogens is 135 g/mol. The molecule has 0 radical (unpaired) electrons. The SMILES string of the molecule is COC(=O)OC.C[O-].[Na+]. The second kappa shape index (κ2) is 15.7. The summed E-state index contributed by atoms with van der Waals surface area (Å²) in [7, 11) is 3.26. The van der Waals surface area contributed by atoms with Crippen LogP contribution in [-0.4, -0.2) is 27.5 Å². The minimum atomic E-state index is -0.657. The molecule has 0 rings (SSSR count). The van der Waals surface area contributed by atoms with E-state index in [1.54, 1.807) is 0 Å². The van der Waals surface area contributed by atoms with E-state index < -0.39 is 6.16 Å². The van der Waals surface area contributed by atoms with Gasteiger partial charge in [0, 0.05) is 0 Å². The van der Waals surface area contributed by atoms with Crippen molar-refractivity contribution >= 4 is 6.16 Å². The average Bonchev–Trinajstić information content (AvgIpc) is 1.91. The van der Waals surface area contributed by atoms with Crippen molar-refractivity contribution in [1.82, 2.24) is 0 Å². The van der Waals surface area contributed by atoms with Gasteiger partial charge in [0.05, 0.1) is 14.2 Å². The maximum Gasteiger partial charge on any atom is 1.00 e. The standard InChI is InChI=1S/C3H6O3.CH3O.Na/c1-5-3(4)6-2;1-2;/h1-2H3;1H3;/q;-1;+1. The van der Waals surface area contributed by atoms with Gasteiger partial charge in [0.15, 0.2) is 0 Å². The van der Waals surface area contributed by atoms with Gasteiger partial charge in [-0.1, -0.05) is 0 Å². The second-order valence-electron chi connectivity index (χ2n) is 0.658. The van der Waals surface area contributed by atoms with Crippen LogP contribution >= 0.6 is 0 Å². The zero-order valence-corrected chi connectivity index (χ0v) is 8.13. The summed E-state index contributed by atoms with van der Waals surface area (Å²) >= 11 is 0. The van der Waals surface area contributed by atoms with Gasteiger partial charge in [0.2, 0.25) is 0 Å². The zero-order chi connectivity index (χ0) is 6.99. The number of carbonyl (C=O) groups is 1. The molecule has 0 unspecified atom stereocenters. The Labute approximate surface area is 76.4 Å². The molecular formula is C4H9NaO4. The number of hydrogen-bond acceptors (Lipinski definition) is 4. The molecule has 0 aliphatic heterocycles. The predicted octanol–water partition coefficient (Wildman–Crippen LogP) is -3.62. The van der Waals surface area contributed by atoms with Gasteiger partial charge in [-0.25, -0.2) is 4.79 Å². The van der Waals surface area contributed by atoms with Gasteiger partial charge in [-0.05, 0) is 0 Å². The Hall–Kier alpha value is 0.230. The summed E-state index contributed by atoms with van der Waals surface area (Å²) in [6, 6.07) is 0. The summed E-state index contributed by atoms with van der Waals surface area (Å²) in [5.41, 5.74) is 0. The van der Waals surface area contributed by atoms with Crippen LogP contribution in [0.4, 0.5) is 4.79 Å². The molecule has 0 amide bonds. The van der Waals surface area contributed by atoms with Crippen molar-refractivity contribution in [2.45, 2.75) is 0 Å². The third-order valence-electron chi connectivity index (χ3n) is 0.333. The average molecular weight is 144 g/mol. The Bertz CT molecular complexity index is 50.5. The molecule has 5 heteroatoms. The van der Waals surface area contributed by atoms with Crippen molar-refractivity contribution in [1.29, 1.82) is 0 Å². The van der Waals surface area contributed by atoms with Crippen LogP contribution in [0.5, 0.6) is 0 Å². The van der Waals surface area contributed by atoms with Crippen molar-refractivity contribution in [2.75, 3.05) is 21.3 Å². The van der Waals surface area contributed by atoms with E-state index in [1.165, 1.54) is 14.2 Å². The van der Waals surface area contributed by atoms with E-state index in [1.807, 2.05) is 0 Å². The normalized spacial score (nSPS) is 5.33. The van der Waals surface area contributed by atoms with Gasteiger partial charge in [-0.3, -0.25) is 0 Å². The van der Waals surface area contributed by atoms with Crippen LogP contribution in [0.3, 0.4) is 0 Å². The first-order valence-electron chi connectivity index (χ1n) is 1.84. The monoisotopic (exact) mass is 144 g/mol. The third-order valence-corrected chi connectivity index (χ3v) is 0.333. The van der Waals surface area contributed by atoms with E-state index in [9.17, 15) is 4.79 Å². The second-order valence-corrected chi connectivity index (χ2v) is 0.658. The molecule has 9 heavy (non-hydrogen) atoms.